The van der Waals surface area contributed by atoms with Crippen molar-refractivity contribution in [2.45, 2.75) is 20.3 Å². The lowest BCUT2D eigenvalue weighted by Crippen LogP contribution is -1.87. The third kappa shape index (κ3) is 1.68. The first kappa shape index (κ1) is 9.34. The van der Waals surface area contributed by atoms with Crippen LogP contribution in [0.3, 0.4) is 0 Å². The zero-order valence-corrected chi connectivity index (χ0v) is 9.14. The summed E-state index contributed by atoms with van der Waals surface area (Å²) in [6.07, 6.45) is 6.67. The van der Waals surface area contributed by atoms with E-state index in [4.69, 9.17) is 0 Å². The number of aromatic nitrogens is 2. The van der Waals surface area contributed by atoms with Crippen molar-refractivity contribution >= 4 is 11.3 Å². The zero-order valence-electron chi connectivity index (χ0n) is 8.32. The van der Waals surface area contributed by atoms with Gasteiger partial charge in [-0.3, -0.25) is 4.98 Å². The normalized spacial score (nSPS) is 10.4. The van der Waals surface area contributed by atoms with Crippen LogP contribution in [-0.4, -0.2) is 9.97 Å². The van der Waals surface area contributed by atoms with Gasteiger partial charge in [-0.1, -0.05) is 6.92 Å². The van der Waals surface area contributed by atoms with Crippen molar-refractivity contribution in [2.75, 3.05) is 0 Å². The Kier molecular flexibility index (Phi) is 2.59. The molecule has 0 saturated carbocycles. The van der Waals surface area contributed by atoms with E-state index in [0.29, 0.717) is 0 Å². The van der Waals surface area contributed by atoms with Crippen LogP contribution in [0.5, 0.6) is 0 Å². The molecule has 0 aromatic carbocycles. The Bertz CT molecular complexity index is 434. The maximum absolute atomic E-state index is 4.39. The monoisotopic (exact) mass is 204 g/mol. The summed E-state index contributed by atoms with van der Waals surface area (Å²) in [5.41, 5.74) is 2.49. The Hall–Kier alpha value is -1.22. The van der Waals surface area contributed by atoms with E-state index in [1.165, 1.54) is 16.0 Å². The summed E-state index contributed by atoms with van der Waals surface area (Å²) in [4.78, 5) is 9.76. The maximum Gasteiger partial charge on any atom is 0.123 e. The molecular weight excluding hydrogens is 192 g/mol. The molecule has 0 aliphatic heterocycles. The van der Waals surface area contributed by atoms with Crippen LogP contribution < -0.4 is 0 Å². The van der Waals surface area contributed by atoms with Gasteiger partial charge in [0.1, 0.15) is 5.01 Å². The third-order valence-electron chi connectivity index (χ3n) is 2.14. The van der Waals surface area contributed by atoms with E-state index in [-0.39, 0.29) is 0 Å². The number of pyridine rings is 1. The van der Waals surface area contributed by atoms with Gasteiger partial charge in [0.25, 0.3) is 0 Å². The smallest absolute Gasteiger partial charge is 0.123 e. The van der Waals surface area contributed by atoms with E-state index in [1.807, 2.05) is 24.7 Å². The maximum atomic E-state index is 4.39. The first-order valence-electron chi connectivity index (χ1n) is 4.67. The molecule has 2 aromatic rings. The minimum atomic E-state index is 1.00. The summed E-state index contributed by atoms with van der Waals surface area (Å²) >= 11 is 1.73. The van der Waals surface area contributed by atoms with Gasteiger partial charge in [-0.05, 0) is 25.0 Å². The van der Waals surface area contributed by atoms with Crippen molar-refractivity contribution in [1.29, 1.82) is 0 Å². The number of hydrogen-bond donors (Lipinski definition) is 0. The lowest BCUT2D eigenvalue weighted by atomic mass is 10.1. The largest absolute Gasteiger partial charge is 0.264 e. The molecule has 2 heterocycles. The van der Waals surface area contributed by atoms with Crippen LogP contribution in [-0.2, 0) is 6.42 Å². The third-order valence-corrected chi connectivity index (χ3v) is 3.08. The second kappa shape index (κ2) is 3.88. The second-order valence-corrected chi connectivity index (χ2v) is 4.40. The Balaban J connectivity index is 2.50. The van der Waals surface area contributed by atoms with Gasteiger partial charge in [-0.15, -0.1) is 11.3 Å². The molecule has 0 saturated heterocycles. The minimum Gasteiger partial charge on any atom is -0.264 e. The van der Waals surface area contributed by atoms with E-state index in [9.17, 15) is 0 Å². The number of nitrogens with zero attached hydrogens (tertiary/aromatic N) is 2. The number of rotatable bonds is 2. The van der Waals surface area contributed by atoms with Crippen LogP contribution >= 0.6 is 11.3 Å². The Morgan fingerprint density at radius 2 is 2.21 bits per heavy atom. The lowest BCUT2D eigenvalue weighted by Gasteiger charge is -2.02. The molecule has 0 atom stereocenters. The summed E-state index contributed by atoms with van der Waals surface area (Å²) in [7, 11) is 0. The molecular formula is C11H12N2S. The second-order valence-electron chi connectivity index (χ2n) is 3.16. The minimum absolute atomic E-state index is 1.00. The highest BCUT2D eigenvalue weighted by Gasteiger charge is 2.06. The highest BCUT2D eigenvalue weighted by atomic mass is 32.1. The number of aryl methyl sites for hydroxylation is 2. The molecule has 3 heteroatoms. The molecule has 0 spiro atoms. The van der Waals surface area contributed by atoms with Crippen LogP contribution in [0.15, 0.2) is 24.7 Å². The molecule has 0 radical (unpaired) electrons. The van der Waals surface area contributed by atoms with Crippen molar-refractivity contribution in [3.63, 3.8) is 0 Å². The van der Waals surface area contributed by atoms with E-state index < -0.39 is 0 Å². The fourth-order valence-corrected chi connectivity index (χ4v) is 2.22. The summed E-state index contributed by atoms with van der Waals surface area (Å²) < 4.78 is 0. The molecule has 0 bridgehead atoms. The van der Waals surface area contributed by atoms with Crippen LogP contribution in [0.25, 0.3) is 10.6 Å². The van der Waals surface area contributed by atoms with E-state index in [2.05, 4.69) is 23.8 Å². The first-order valence-corrected chi connectivity index (χ1v) is 5.48. The molecule has 0 unspecified atom stereocenters. The van der Waals surface area contributed by atoms with Crippen molar-refractivity contribution < 1.29 is 0 Å². The molecule has 0 aliphatic rings. The van der Waals surface area contributed by atoms with Gasteiger partial charge in [0.15, 0.2) is 0 Å². The topological polar surface area (TPSA) is 25.8 Å². The SMILES string of the molecule is CCc1cnccc1-c1ncc(C)s1. The van der Waals surface area contributed by atoms with Crippen LogP contribution in [0.2, 0.25) is 0 Å². The van der Waals surface area contributed by atoms with Crippen LogP contribution in [0.4, 0.5) is 0 Å². The van der Waals surface area contributed by atoms with Crippen LogP contribution in [0, 0.1) is 6.92 Å². The van der Waals surface area contributed by atoms with E-state index in [0.717, 1.165) is 11.4 Å². The Morgan fingerprint density at radius 3 is 2.86 bits per heavy atom. The molecule has 0 fully saturated rings. The summed E-state index contributed by atoms with van der Waals surface area (Å²) in [6, 6.07) is 2.04. The van der Waals surface area contributed by atoms with E-state index in [1.54, 1.807) is 11.3 Å². The number of thiazole rings is 1. The molecule has 0 amide bonds. The fourth-order valence-electron chi connectivity index (χ4n) is 1.40. The standard InChI is InChI=1S/C11H12N2S/c1-3-9-7-12-5-4-10(9)11-13-6-8(2)14-11/h4-7H,3H2,1-2H3. The van der Waals surface area contributed by atoms with Gasteiger partial charge in [-0.25, -0.2) is 4.98 Å². The van der Waals surface area contributed by atoms with Crippen molar-refractivity contribution in [1.82, 2.24) is 9.97 Å². The molecule has 2 nitrogen and oxygen atoms in total. The van der Waals surface area contributed by atoms with E-state index >= 15 is 0 Å². The summed E-state index contributed by atoms with van der Waals surface area (Å²) in [5, 5.41) is 1.10. The Morgan fingerprint density at radius 1 is 1.36 bits per heavy atom. The van der Waals surface area contributed by atoms with Crippen molar-refractivity contribution in [2.24, 2.45) is 0 Å². The fraction of sp³-hybridized carbons (Fsp3) is 0.273. The van der Waals surface area contributed by atoms with Gasteiger partial charge in [0, 0.05) is 29.0 Å². The zero-order chi connectivity index (χ0) is 9.97. The van der Waals surface area contributed by atoms with Gasteiger partial charge in [0.05, 0.1) is 0 Å². The van der Waals surface area contributed by atoms with Gasteiger partial charge in [0.2, 0.25) is 0 Å². The Labute approximate surface area is 87.7 Å². The lowest BCUT2D eigenvalue weighted by molar-refractivity contribution is 1.10. The average Bonchev–Trinajstić information content (AvgIpc) is 2.65. The quantitative estimate of drug-likeness (QED) is 0.751. The molecule has 0 aliphatic carbocycles. The molecule has 72 valence electrons. The van der Waals surface area contributed by atoms with Gasteiger partial charge in [-0.2, -0.15) is 0 Å². The average molecular weight is 204 g/mol. The van der Waals surface area contributed by atoms with Crippen LogP contribution in [0.1, 0.15) is 17.4 Å². The van der Waals surface area contributed by atoms with Gasteiger partial charge >= 0.3 is 0 Å². The van der Waals surface area contributed by atoms with Crippen molar-refractivity contribution in [3.05, 3.63) is 35.1 Å². The molecule has 2 rings (SSSR count). The van der Waals surface area contributed by atoms with Gasteiger partial charge < -0.3 is 0 Å². The predicted octanol–water partition coefficient (Wildman–Crippen LogP) is 3.08. The highest BCUT2D eigenvalue weighted by molar-refractivity contribution is 7.14. The molecule has 2 aromatic heterocycles. The molecule has 14 heavy (non-hydrogen) atoms. The van der Waals surface area contributed by atoms with Crippen molar-refractivity contribution in [3.8, 4) is 10.6 Å². The summed E-state index contributed by atoms with van der Waals surface area (Å²) in [5.74, 6) is 0. The number of hydrogen-bond acceptors (Lipinski definition) is 3. The highest BCUT2D eigenvalue weighted by Crippen LogP contribution is 2.27. The molecule has 0 N–H and O–H groups in total. The summed E-state index contributed by atoms with van der Waals surface area (Å²) in [6.45, 7) is 4.22. The predicted molar refractivity (Wildman–Crippen MR) is 59.5 cm³/mol. The first-order chi connectivity index (χ1) is 6.81.